The van der Waals surface area contributed by atoms with Gasteiger partial charge in [-0.2, -0.15) is 13.9 Å². The molecule has 202 valence electrons. The van der Waals surface area contributed by atoms with E-state index in [9.17, 15) is 21.6 Å². The van der Waals surface area contributed by atoms with Crippen molar-refractivity contribution in [2.24, 2.45) is 0 Å². The van der Waals surface area contributed by atoms with Crippen LogP contribution in [0.25, 0.3) is 11.3 Å². The number of aromatic amines is 1. The molecular weight excluding hydrogens is 523 g/mol. The molecule has 0 fully saturated rings. The molecule has 38 heavy (non-hydrogen) atoms. The SMILES string of the molecule is [2H]c1c(-c2ccc(NS(=O)(=O)C(F)F)c(O[C@@H](C)c3ccc(F)cc3)c2)n[nH]c1Nc1cc(C(C)(C)C)no1. The van der Waals surface area contributed by atoms with E-state index in [-0.39, 0.29) is 40.3 Å². The molecule has 9 nitrogen and oxygen atoms in total. The van der Waals surface area contributed by atoms with E-state index >= 15 is 0 Å². The summed E-state index contributed by atoms with van der Waals surface area (Å²) in [5.41, 5.74) is 1.26. The fourth-order valence-electron chi connectivity index (χ4n) is 3.33. The summed E-state index contributed by atoms with van der Waals surface area (Å²) in [6.07, 6.45) is -0.717. The van der Waals surface area contributed by atoms with E-state index in [0.29, 0.717) is 16.8 Å². The maximum atomic E-state index is 13.3. The molecular formula is C25H26F3N5O4S. The molecule has 2 aromatic carbocycles. The average Bonchev–Trinajstić information content (AvgIpc) is 3.48. The van der Waals surface area contributed by atoms with Crippen LogP contribution in [0.3, 0.4) is 0 Å². The number of anilines is 3. The molecule has 0 amide bonds. The van der Waals surface area contributed by atoms with Crippen LogP contribution in [-0.4, -0.2) is 29.5 Å². The number of nitrogens with one attached hydrogen (secondary N) is 3. The minimum atomic E-state index is -5.00. The van der Waals surface area contributed by atoms with Crippen molar-refractivity contribution in [1.82, 2.24) is 15.4 Å². The third kappa shape index (κ3) is 6.28. The predicted molar refractivity (Wildman–Crippen MR) is 136 cm³/mol. The minimum Gasteiger partial charge on any atom is -0.484 e. The van der Waals surface area contributed by atoms with E-state index in [1.165, 1.54) is 42.5 Å². The van der Waals surface area contributed by atoms with Gasteiger partial charge in [-0.1, -0.05) is 44.1 Å². The van der Waals surface area contributed by atoms with Crippen molar-refractivity contribution in [2.45, 2.75) is 45.0 Å². The van der Waals surface area contributed by atoms with Crippen molar-refractivity contribution >= 4 is 27.4 Å². The van der Waals surface area contributed by atoms with Crippen LogP contribution in [0.4, 0.5) is 30.6 Å². The average molecular weight is 551 g/mol. The van der Waals surface area contributed by atoms with Crippen molar-refractivity contribution < 1.29 is 32.2 Å². The van der Waals surface area contributed by atoms with Crippen molar-refractivity contribution in [3.8, 4) is 17.0 Å². The van der Waals surface area contributed by atoms with Gasteiger partial charge in [0.1, 0.15) is 23.5 Å². The lowest BCUT2D eigenvalue weighted by Gasteiger charge is -2.19. The zero-order chi connectivity index (χ0) is 28.5. The fourth-order valence-corrected chi connectivity index (χ4v) is 3.90. The van der Waals surface area contributed by atoms with Gasteiger partial charge in [-0.3, -0.25) is 9.82 Å². The number of aromatic nitrogens is 3. The zero-order valence-electron chi connectivity index (χ0n) is 21.8. The highest BCUT2D eigenvalue weighted by atomic mass is 32.2. The van der Waals surface area contributed by atoms with Crippen LogP contribution >= 0.6 is 0 Å². The van der Waals surface area contributed by atoms with Crippen LogP contribution < -0.4 is 14.8 Å². The normalized spacial score (nSPS) is 13.3. The number of hydrogen-bond donors (Lipinski definition) is 3. The summed E-state index contributed by atoms with van der Waals surface area (Å²) in [6, 6.07) is 11.1. The maximum absolute atomic E-state index is 13.3. The van der Waals surface area contributed by atoms with Gasteiger partial charge in [0.25, 0.3) is 10.0 Å². The molecule has 0 bridgehead atoms. The second kappa shape index (κ2) is 10.4. The first-order chi connectivity index (χ1) is 18.2. The molecule has 4 aromatic rings. The molecule has 0 unspecified atom stereocenters. The summed E-state index contributed by atoms with van der Waals surface area (Å²) in [5.74, 6) is -3.74. The summed E-state index contributed by atoms with van der Waals surface area (Å²) in [4.78, 5) is 0. The Morgan fingerprint density at radius 1 is 1.13 bits per heavy atom. The monoisotopic (exact) mass is 550 g/mol. The zero-order valence-corrected chi connectivity index (χ0v) is 21.7. The smallest absolute Gasteiger partial charge is 0.355 e. The van der Waals surface area contributed by atoms with Gasteiger partial charge in [-0.05, 0) is 36.8 Å². The van der Waals surface area contributed by atoms with Crippen LogP contribution in [0.2, 0.25) is 0 Å². The summed E-state index contributed by atoms with van der Waals surface area (Å²) in [6.45, 7) is 7.54. The molecule has 0 aliphatic rings. The number of nitrogens with zero attached hydrogens (tertiary/aromatic N) is 2. The number of benzene rings is 2. The highest BCUT2D eigenvalue weighted by molar-refractivity contribution is 7.93. The molecule has 2 heterocycles. The minimum absolute atomic E-state index is 0.0536. The lowest BCUT2D eigenvalue weighted by atomic mass is 9.92. The van der Waals surface area contributed by atoms with Gasteiger partial charge in [0, 0.05) is 23.1 Å². The lowest BCUT2D eigenvalue weighted by molar-refractivity contribution is 0.228. The van der Waals surface area contributed by atoms with E-state index in [4.69, 9.17) is 10.6 Å². The second-order valence-corrected chi connectivity index (χ2v) is 11.1. The highest BCUT2D eigenvalue weighted by Crippen LogP contribution is 2.35. The largest absolute Gasteiger partial charge is 0.484 e. The Balaban J connectivity index is 1.66. The number of H-pyrrole nitrogens is 1. The van der Waals surface area contributed by atoms with E-state index < -0.39 is 27.7 Å². The molecule has 0 saturated carbocycles. The number of hydrogen-bond acceptors (Lipinski definition) is 7. The molecule has 0 spiro atoms. The molecule has 4 rings (SSSR count). The quantitative estimate of drug-likeness (QED) is 0.222. The summed E-state index contributed by atoms with van der Waals surface area (Å²) >= 11 is 0. The Labute approximate surface area is 218 Å². The molecule has 1 atom stereocenters. The number of halogens is 3. The lowest BCUT2D eigenvalue weighted by Crippen LogP contribution is -2.21. The van der Waals surface area contributed by atoms with Crippen LogP contribution in [0.5, 0.6) is 5.75 Å². The molecule has 0 aliphatic carbocycles. The molecule has 0 radical (unpaired) electrons. The first kappa shape index (κ1) is 25.6. The van der Waals surface area contributed by atoms with Gasteiger partial charge >= 0.3 is 5.76 Å². The van der Waals surface area contributed by atoms with E-state index in [2.05, 4.69) is 20.7 Å². The van der Waals surface area contributed by atoms with E-state index in [0.717, 1.165) is 0 Å². The number of sulfonamides is 1. The standard InChI is InChI=1S/C25H26F3N5O4S/c1-14(15-5-8-17(26)9-6-15)36-20-11-16(7-10-18(20)33-38(34,35)24(27)28)19-12-22(31-30-19)29-23-13-21(32-37-23)25(2,3)4/h5-14,24,33H,1-4H3,(H2,29,30,31)/t14-/m0/s1/i12D. The molecule has 13 heteroatoms. The summed E-state index contributed by atoms with van der Waals surface area (Å²) in [7, 11) is -5.00. The Hall–Kier alpha value is -4.00. The number of ether oxygens (including phenoxy) is 1. The van der Waals surface area contributed by atoms with Crippen molar-refractivity contribution in [1.29, 1.82) is 0 Å². The maximum Gasteiger partial charge on any atom is 0.355 e. The van der Waals surface area contributed by atoms with Gasteiger partial charge in [0.05, 0.1) is 18.4 Å². The first-order valence-electron chi connectivity index (χ1n) is 11.9. The Morgan fingerprint density at radius 3 is 2.47 bits per heavy atom. The topological polar surface area (TPSA) is 122 Å². The highest BCUT2D eigenvalue weighted by Gasteiger charge is 2.26. The van der Waals surface area contributed by atoms with Crippen molar-refractivity contribution in [2.75, 3.05) is 10.0 Å². The number of alkyl halides is 2. The summed E-state index contributed by atoms with van der Waals surface area (Å²) in [5, 5.41) is 13.8. The van der Waals surface area contributed by atoms with Gasteiger partial charge in [0.15, 0.2) is 0 Å². The van der Waals surface area contributed by atoms with Gasteiger partial charge in [-0.15, -0.1) is 0 Å². The molecule has 0 saturated heterocycles. The van der Waals surface area contributed by atoms with E-state index in [1.54, 1.807) is 13.0 Å². The van der Waals surface area contributed by atoms with Gasteiger partial charge in [-0.25, -0.2) is 12.8 Å². The molecule has 3 N–H and O–H groups in total. The molecule has 2 aromatic heterocycles. The fraction of sp³-hybridized carbons (Fsp3) is 0.280. The predicted octanol–water partition coefficient (Wildman–Crippen LogP) is 6.35. The summed E-state index contributed by atoms with van der Waals surface area (Å²) < 4.78 is 84.8. The Bertz CT molecular complexity index is 1570. The Kier molecular flexibility index (Phi) is 7.02. The Morgan fingerprint density at radius 2 is 1.84 bits per heavy atom. The third-order valence-corrected chi connectivity index (χ3v) is 6.41. The van der Waals surface area contributed by atoms with Crippen LogP contribution in [-0.2, 0) is 15.4 Å². The van der Waals surface area contributed by atoms with Gasteiger partial charge < -0.3 is 14.6 Å². The molecule has 0 aliphatic heterocycles. The van der Waals surface area contributed by atoms with Crippen molar-refractivity contribution in [3.63, 3.8) is 0 Å². The van der Waals surface area contributed by atoms with Crippen LogP contribution in [0.15, 0.2) is 59.1 Å². The van der Waals surface area contributed by atoms with Crippen LogP contribution in [0, 0.1) is 5.82 Å². The van der Waals surface area contributed by atoms with Crippen LogP contribution in [0.1, 0.15) is 46.4 Å². The van der Waals surface area contributed by atoms with Gasteiger partial charge in [0.2, 0.25) is 5.88 Å². The second-order valence-electron chi connectivity index (χ2n) is 9.45. The first-order valence-corrected chi connectivity index (χ1v) is 12.9. The van der Waals surface area contributed by atoms with E-state index in [1.807, 2.05) is 25.5 Å². The number of rotatable bonds is 9. The third-order valence-electron chi connectivity index (χ3n) is 5.43. The van der Waals surface area contributed by atoms with Crippen molar-refractivity contribution in [3.05, 3.63) is 71.6 Å².